The smallest absolute Gasteiger partial charge is 0.253 e. The Bertz CT molecular complexity index is 846. The Morgan fingerprint density at radius 1 is 0.938 bits per heavy atom. The van der Waals surface area contributed by atoms with E-state index in [4.69, 9.17) is 4.74 Å². The van der Waals surface area contributed by atoms with Crippen LogP contribution in [0.15, 0.2) is 53.5 Å². The minimum Gasteiger partial charge on any atom is -0.494 e. The average molecular weight is 440 g/mol. The predicted molar refractivity (Wildman–Crippen MR) is 131 cm³/mol. The van der Waals surface area contributed by atoms with Gasteiger partial charge in [0.2, 0.25) is 0 Å². The summed E-state index contributed by atoms with van der Waals surface area (Å²) < 4.78 is 5.79. The van der Waals surface area contributed by atoms with Crippen molar-refractivity contribution < 1.29 is 9.53 Å². The maximum atomic E-state index is 12.0. The van der Waals surface area contributed by atoms with Crippen LogP contribution >= 0.6 is 0 Å². The SMILES string of the molecule is CCNC(=NCc1ccc(OCCCN(C)C)cc1)NCc1ccc(C(=O)N(C)C)cc1. The highest BCUT2D eigenvalue weighted by Crippen LogP contribution is 2.13. The number of rotatable bonds is 11. The number of aliphatic imine (C=N–C) groups is 1. The summed E-state index contributed by atoms with van der Waals surface area (Å²) in [5.41, 5.74) is 2.89. The molecule has 2 aromatic rings. The third kappa shape index (κ3) is 8.98. The number of hydrogen-bond donors (Lipinski definition) is 2. The minimum atomic E-state index is 0.00407. The lowest BCUT2D eigenvalue weighted by Gasteiger charge is -2.13. The van der Waals surface area contributed by atoms with Crippen molar-refractivity contribution in [3.8, 4) is 5.75 Å². The van der Waals surface area contributed by atoms with Gasteiger partial charge in [0.15, 0.2) is 5.96 Å². The van der Waals surface area contributed by atoms with Gasteiger partial charge in [0.25, 0.3) is 5.91 Å². The van der Waals surface area contributed by atoms with Gasteiger partial charge in [-0.3, -0.25) is 4.79 Å². The van der Waals surface area contributed by atoms with E-state index in [1.807, 2.05) is 43.3 Å². The Hall–Kier alpha value is -3.06. The Morgan fingerprint density at radius 3 is 2.19 bits per heavy atom. The summed E-state index contributed by atoms with van der Waals surface area (Å²) in [6, 6.07) is 15.7. The number of nitrogens with zero attached hydrogens (tertiary/aromatic N) is 3. The zero-order valence-electron chi connectivity index (χ0n) is 20.0. The van der Waals surface area contributed by atoms with Crippen molar-refractivity contribution in [1.82, 2.24) is 20.4 Å². The molecule has 1 amide bonds. The molecule has 2 N–H and O–H groups in total. The Kier molecular flexibility index (Phi) is 10.5. The minimum absolute atomic E-state index is 0.00407. The van der Waals surface area contributed by atoms with Crippen molar-refractivity contribution in [2.75, 3.05) is 47.9 Å². The van der Waals surface area contributed by atoms with Crippen LogP contribution in [0.25, 0.3) is 0 Å². The fraction of sp³-hybridized carbons (Fsp3) is 0.440. The molecule has 2 rings (SSSR count). The second-order valence-electron chi connectivity index (χ2n) is 8.09. The first kappa shape index (κ1) is 25.2. The molecular weight excluding hydrogens is 402 g/mol. The van der Waals surface area contributed by atoms with Crippen LogP contribution in [-0.2, 0) is 13.1 Å². The molecule has 0 saturated carbocycles. The molecule has 0 heterocycles. The summed E-state index contributed by atoms with van der Waals surface area (Å²) in [7, 11) is 7.64. The number of carbonyl (C=O) groups excluding carboxylic acids is 1. The molecule has 2 aromatic carbocycles. The van der Waals surface area contributed by atoms with E-state index in [2.05, 4.69) is 46.8 Å². The molecule has 0 fully saturated rings. The van der Waals surface area contributed by atoms with Gasteiger partial charge < -0.3 is 25.2 Å². The molecule has 0 aliphatic rings. The first-order chi connectivity index (χ1) is 15.4. The maximum absolute atomic E-state index is 12.0. The highest BCUT2D eigenvalue weighted by molar-refractivity contribution is 5.93. The standard InChI is InChI=1S/C25H37N5O2/c1-6-26-25(27-18-20-8-12-22(13-9-20)24(31)30(4)5)28-19-21-10-14-23(15-11-21)32-17-7-16-29(2)3/h8-15H,6-7,16-19H2,1-5H3,(H2,26,27,28). The summed E-state index contributed by atoms with van der Waals surface area (Å²) >= 11 is 0. The number of ether oxygens (including phenoxy) is 1. The number of benzene rings is 2. The predicted octanol–water partition coefficient (Wildman–Crippen LogP) is 2.97. The molecule has 0 spiro atoms. The zero-order chi connectivity index (χ0) is 23.3. The normalized spacial score (nSPS) is 11.4. The summed E-state index contributed by atoms with van der Waals surface area (Å²) in [5, 5.41) is 6.62. The van der Waals surface area contributed by atoms with Gasteiger partial charge in [-0.05, 0) is 62.8 Å². The fourth-order valence-corrected chi connectivity index (χ4v) is 2.98. The number of hydrogen-bond acceptors (Lipinski definition) is 4. The van der Waals surface area contributed by atoms with Crippen LogP contribution < -0.4 is 15.4 Å². The van der Waals surface area contributed by atoms with Crippen molar-refractivity contribution in [2.45, 2.75) is 26.4 Å². The molecule has 0 radical (unpaired) electrons. The van der Waals surface area contributed by atoms with Gasteiger partial charge in [-0.2, -0.15) is 0 Å². The molecule has 0 aliphatic carbocycles. The highest BCUT2D eigenvalue weighted by Gasteiger charge is 2.07. The number of amides is 1. The third-order valence-corrected chi connectivity index (χ3v) is 4.77. The molecule has 32 heavy (non-hydrogen) atoms. The quantitative estimate of drug-likeness (QED) is 0.320. The monoisotopic (exact) mass is 439 g/mol. The van der Waals surface area contributed by atoms with E-state index >= 15 is 0 Å². The first-order valence-corrected chi connectivity index (χ1v) is 11.1. The van der Waals surface area contributed by atoms with E-state index in [-0.39, 0.29) is 5.91 Å². The van der Waals surface area contributed by atoms with E-state index in [0.717, 1.165) is 42.3 Å². The molecule has 0 unspecified atom stereocenters. The van der Waals surface area contributed by atoms with Crippen molar-refractivity contribution in [2.24, 2.45) is 4.99 Å². The van der Waals surface area contributed by atoms with E-state index in [9.17, 15) is 4.79 Å². The largest absolute Gasteiger partial charge is 0.494 e. The van der Waals surface area contributed by atoms with Crippen LogP contribution in [0.3, 0.4) is 0 Å². The lowest BCUT2D eigenvalue weighted by molar-refractivity contribution is 0.0827. The fourth-order valence-electron chi connectivity index (χ4n) is 2.98. The van der Waals surface area contributed by atoms with Crippen molar-refractivity contribution in [3.05, 3.63) is 65.2 Å². The van der Waals surface area contributed by atoms with E-state index in [1.165, 1.54) is 0 Å². The summed E-state index contributed by atoms with van der Waals surface area (Å²) in [6.07, 6.45) is 1.01. The lowest BCUT2D eigenvalue weighted by Crippen LogP contribution is -2.36. The summed E-state index contributed by atoms with van der Waals surface area (Å²) in [4.78, 5) is 20.4. The van der Waals surface area contributed by atoms with Crippen LogP contribution in [0.5, 0.6) is 5.75 Å². The average Bonchev–Trinajstić information content (AvgIpc) is 2.79. The molecule has 0 aromatic heterocycles. The molecule has 0 atom stereocenters. The van der Waals surface area contributed by atoms with E-state index in [1.54, 1.807) is 19.0 Å². The van der Waals surface area contributed by atoms with Crippen LogP contribution in [0.4, 0.5) is 0 Å². The number of carbonyl (C=O) groups is 1. The molecule has 0 saturated heterocycles. The topological polar surface area (TPSA) is 69.2 Å². The number of nitrogens with one attached hydrogen (secondary N) is 2. The molecule has 0 bridgehead atoms. The Morgan fingerprint density at radius 2 is 1.59 bits per heavy atom. The van der Waals surface area contributed by atoms with Crippen LogP contribution in [0.2, 0.25) is 0 Å². The van der Waals surface area contributed by atoms with Crippen LogP contribution in [0.1, 0.15) is 34.8 Å². The molecule has 174 valence electrons. The number of guanidine groups is 1. The molecular formula is C25H37N5O2. The molecule has 0 aliphatic heterocycles. The first-order valence-electron chi connectivity index (χ1n) is 11.1. The van der Waals surface area contributed by atoms with Crippen molar-refractivity contribution >= 4 is 11.9 Å². The van der Waals surface area contributed by atoms with Gasteiger partial charge in [0, 0.05) is 39.3 Å². The van der Waals surface area contributed by atoms with Gasteiger partial charge in [-0.1, -0.05) is 24.3 Å². The van der Waals surface area contributed by atoms with Crippen molar-refractivity contribution in [1.29, 1.82) is 0 Å². The van der Waals surface area contributed by atoms with Gasteiger partial charge in [0.05, 0.1) is 13.2 Å². The lowest BCUT2D eigenvalue weighted by atomic mass is 10.1. The second-order valence-corrected chi connectivity index (χ2v) is 8.09. The van der Waals surface area contributed by atoms with Gasteiger partial charge in [0.1, 0.15) is 5.75 Å². The van der Waals surface area contributed by atoms with Crippen LogP contribution in [0, 0.1) is 0 Å². The highest BCUT2D eigenvalue weighted by atomic mass is 16.5. The maximum Gasteiger partial charge on any atom is 0.253 e. The van der Waals surface area contributed by atoms with E-state index in [0.29, 0.717) is 25.3 Å². The van der Waals surface area contributed by atoms with E-state index < -0.39 is 0 Å². The van der Waals surface area contributed by atoms with Gasteiger partial charge >= 0.3 is 0 Å². The van der Waals surface area contributed by atoms with Gasteiger partial charge in [-0.15, -0.1) is 0 Å². The zero-order valence-corrected chi connectivity index (χ0v) is 20.0. The van der Waals surface area contributed by atoms with Crippen molar-refractivity contribution in [3.63, 3.8) is 0 Å². The Labute approximate surface area is 192 Å². The van der Waals surface area contributed by atoms with Gasteiger partial charge in [-0.25, -0.2) is 4.99 Å². The Balaban J connectivity index is 1.86. The second kappa shape index (κ2) is 13.4. The van der Waals surface area contributed by atoms with Crippen LogP contribution in [-0.4, -0.2) is 69.6 Å². The molecule has 7 nitrogen and oxygen atoms in total. The molecule has 7 heteroatoms. The summed E-state index contributed by atoms with van der Waals surface area (Å²) in [6.45, 7) is 5.76. The summed E-state index contributed by atoms with van der Waals surface area (Å²) in [5.74, 6) is 1.65. The third-order valence-electron chi connectivity index (χ3n) is 4.77.